The molecule has 196 valence electrons. The number of carboxylic acid groups (broad SMARTS) is 1. The van der Waals surface area contributed by atoms with E-state index in [0.717, 1.165) is 5.56 Å². The third-order valence-corrected chi connectivity index (χ3v) is 7.96. The molecule has 4 rings (SSSR count). The number of hydrogen-bond donors (Lipinski definition) is 3. The van der Waals surface area contributed by atoms with Gasteiger partial charge in [0.2, 0.25) is 21.8 Å². The Morgan fingerprint density at radius 1 is 1.08 bits per heavy atom. The van der Waals surface area contributed by atoms with Crippen molar-refractivity contribution < 1.29 is 32.2 Å². The molecule has 1 saturated carbocycles. The number of nitrogens with one attached hydrogen (secondary N) is 2. The number of amides is 1. The van der Waals surface area contributed by atoms with Crippen LogP contribution in [0.15, 0.2) is 59.5 Å². The SMILES string of the molecule is C[C@@H](NC(=O)[C@H]1CC[C@H](NS(=O)(=O)c2ccc3nc(OCC(=O)O)ccc3c2)CC1)c1ccc(F)cc1. The number of nitrogens with zero attached hydrogens (tertiary/aromatic N) is 1. The smallest absolute Gasteiger partial charge is 0.341 e. The zero-order valence-corrected chi connectivity index (χ0v) is 21.0. The first kappa shape index (κ1) is 26.5. The van der Waals surface area contributed by atoms with Crippen LogP contribution in [0.25, 0.3) is 10.9 Å². The minimum atomic E-state index is -3.80. The Hall–Kier alpha value is -3.57. The van der Waals surface area contributed by atoms with Gasteiger partial charge in [0, 0.05) is 23.4 Å². The number of aromatic nitrogens is 1. The maximum atomic E-state index is 13.1. The summed E-state index contributed by atoms with van der Waals surface area (Å²) in [6.45, 7) is 1.32. The normalized spacial score (nSPS) is 18.8. The van der Waals surface area contributed by atoms with Crippen molar-refractivity contribution in [3.05, 3.63) is 66.0 Å². The Labute approximate surface area is 214 Å². The second kappa shape index (κ2) is 11.2. The third-order valence-electron chi connectivity index (χ3n) is 6.44. The van der Waals surface area contributed by atoms with Crippen molar-refractivity contribution in [2.75, 3.05) is 6.61 Å². The Morgan fingerprint density at radius 2 is 1.78 bits per heavy atom. The van der Waals surface area contributed by atoms with E-state index in [-0.39, 0.29) is 40.5 Å². The monoisotopic (exact) mass is 529 g/mol. The molecule has 1 aliphatic rings. The molecule has 0 aliphatic heterocycles. The van der Waals surface area contributed by atoms with Crippen LogP contribution in [0.4, 0.5) is 4.39 Å². The van der Waals surface area contributed by atoms with Crippen LogP contribution >= 0.6 is 0 Å². The van der Waals surface area contributed by atoms with Crippen LogP contribution in [0.3, 0.4) is 0 Å². The summed E-state index contributed by atoms with van der Waals surface area (Å²) in [5.74, 6) is -1.62. The van der Waals surface area contributed by atoms with E-state index in [0.29, 0.717) is 36.6 Å². The highest BCUT2D eigenvalue weighted by Gasteiger charge is 2.30. The number of halogens is 1. The molecule has 1 atom stereocenters. The van der Waals surface area contributed by atoms with Gasteiger partial charge in [0.25, 0.3) is 0 Å². The first-order valence-corrected chi connectivity index (χ1v) is 13.4. The van der Waals surface area contributed by atoms with Crippen molar-refractivity contribution >= 4 is 32.8 Å². The van der Waals surface area contributed by atoms with Gasteiger partial charge in [0.05, 0.1) is 16.5 Å². The zero-order valence-electron chi connectivity index (χ0n) is 20.2. The van der Waals surface area contributed by atoms with Crippen LogP contribution in [0, 0.1) is 11.7 Å². The molecule has 37 heavy (non-hydrogen) atoms. The standard InChI is InChI=1S/C26H28FN3O6S/c1-16(17-2-7-20(27)8-3-17)28-26(33)18-4-9-21(10-5-18)30-37(34,35)22-11-12-23-19(14-22)6-13-24(29-23)36-15-25(31)32/h2-3,6-8,11-14,16,18,21,30H,4-5,9-10,15H2,1H3,(H,28,33)(H,31,32)/t16-,18-,21-/m1/s1. The first-order chi connectivity index (χ1) is 17.6. The van der Waals surface area contributed by atoms with Crippen molar-refractivity contribution in [3.63, 3.8) is 0 Å². The molecule has 9 nitrogen and oxygen atoms in total. The van der Waals surface area contributed by atoms with E-state index < -0.39 is 22.6 Å². The van der Waals surface area contributed by atoms with Gasteiger partial charge in [-0.25, -0.2) is 27.3 Å². The number of sulfonamides is 1. The summed E-state index contributed by atoms with van der Waals surface area (Å²) >= 11 is 0. The first-order valence-electron chi connectivity index (χ1n) is 11.9. The van der Waals surface area contributed by atoms with Crippen LogP contribution in [0.1, 0.15) is 44.2 Å². The van der Waals surface area contributed by atoms with E-state index in [1.807, 2.05) is 6.92 Å². The highest BCUT2D eigenvalue weighted by molar-refractivity contribution is 7.89. The lowest BCUT2D eigenvalue weighted by Gasteiger charge is -2.29. The summed E-state index contributed by atoms with van der Waals surface area (Å²) in [5.41, 5.74) is 1.29. The Morgan fingerprint density at radius 3 is 2.46 bits per heavy atom. The van der Waals surface area contributed by atoms with Crippen molar-refractivity contribution in [3.8, 4) is 5.88 Å². The fourth-order valence-electron chi connectivity index (χ4n) is 4.40. The largest absolute Gasteiger partial charge is 0.479 e. The summed E-state index contributed by atoms with van der Waals surface area (Å²) < 4.78 is 47.0. The summed E-state index contributed by atoms with van der Waals surface area (Å²) in [6.07, 6.45) is 2.16. The summed E-state index contributed by atoms with van der Waals surface area (Å²) in [6, 6.07) is 13.0. The van der Waals surface area contributed by atoms with Crippen LogP contribution < -0.4 is 14.8 Å². The van der Waals surface area contributed by atoms with Gasteiger partial charge < -0.3 is 15.2 Å². The molecule has 3 N–H and O–H groups in total. The molecule has 1 aromatic heterocycles. The number of fused-ring (bicyclic) bond motifs is 1. The minimum absolute atomic E-state index is 0.0909. The quantitative estimate of drug-likeness (QED) is 0.386. The Balaban J connectivity index is 1.32. The number of ether oxygens (including phenoxy) is 1. The van der Waals surface area contributed by atoms with Gasteiger partial charge >= 0.3 is 5.97 Å². The summed E-state index contributed by atoms with van der Waals surface area (Å²) in [4.78, 5) is 27.7. The predicted octanol–water partition coefficient (Wildman–Crippen LogP) is 3.55. The fraction of sp³-hybridized carbons (Fsp3) is 0.346. The molecule has 1 aliphatic carbocycles. The number of aliphatic carboxylic acids is 1. The van der Waals surface area contributed by atoms with E-state index in [9.17, 15) is 22.4 Å². The second-order valence-electron chi connectivity index (χ2n) is 9.14. The van der Waals surface area contributed by atoms with Crippen LogP contribution in [0.5, 0.6) is 5.88 Å². The Bertz CT molecular complexity index is 1390. The fourth-order valence-corrected chi connectivity index (χ4v) is 5.74. The van der Waals surface area contributed by atoms with E-state index in [1.54, 1.807) is 24.3 Å². The van der Waals surface area contributed by atoms with Gasteiger partial charge in [-0.05, 0) is 74.6 Å². The molecular weight excluding hydrogens is 501 g/mol. The van der Waals surface area contributed by atoms with E-state index in [1.165, 1.54) is 30.3 Å². The van der Waals surface area contributed by atoms with Crippen molar-refractivity contribution in [1.82, 2.24) is 15.0 Å². The van der Waals surface area contributed by atoms with Gasteiger partial charge in [0.1, 0.15) is 5.82 Å². The lowest BCUT2D eigenvalue weighted by Crippen LogP contribution is -2.41. The van der Waals surface area contributed by atoms with E-state index >= 15 is 0 Å². The molecule has 0 saturated heterocycles. The molecular formula is C26H28FN3O6S. The number of carbonyl (C=O) groups is 2. The number of hydrogen-bond acceptors (Lipinski definition) is 6. The Kier molecular flexibility index (Phi) is 8.03. The van der Waals surface area contributed by atoms with Gasteiger partial charge in [-0.2, -0.15) is 0 Å². The zero-order chi connectivity index (χ0) is 26.6. The minimum Gasteiger partial charge on any atom is -0.479 e. The number of rotatable bonds is 9. The number of carboxylic acids is 1. The molecule has 1 amide bonds. The van der Waals surface area contributed by atoms with E-state index in [4.69, 9.17) is 9.84 Å². The van der Waals surface area contributed by atoms with Crippen molar-refractivity contribution in [1.29, 1.82) is 0 Å². The highest BCUT2D eigenvalue weighted by atomic mass is 32.2. The van der Waals surface area contributed by atoms with Gasteiger partial charge in [-0.3, -0.25) is 4.79 Å². The second-order valence-corrected chi connectivity index (χ2v) is 10.9. The third kappa shape index (κ3) is 6.80. The summed E-state index contributed by atoms with van der Waals surface area (Å²) in [7, 11) is -3.80. The molecule has 1 heterocycles. The molecule has 3 aromatic rings. The molecule has 0 unspecified atom stereocenters. The predicted molar refractivity (Wildman–Crippen MR) is 134 cm³/mol. The molecule has 0 radical (unpaired) electrons. The lowest BCUT2D eigenvalue weighted by atomic mass is 9.85. The van der Waals surface area contributed by atoms with Gasteiger partial charge in [-0.15, -0.1) is 0 Å². The average molecular weight is 530 g/mol. The lowest BCUT2D eigenvalue weighted by molar-refractivity contribution is -0.139. The van der Waals surface area contributed by atoms with Crippen LogP contribution in [0.2, 0.25) is 0 Å². The van der Waals surface area contributed by atoms with Gasteiger partial charge in [-0.1, -0.05) is 12.1 Å². The number of pyridine rings is 1. The van der Waals surface area contributed by atoms with Gasteiger partial charge in [0.15, 0.2) is 6.61 Å². The number of benzene rings is 2. The summed E-state index contributed by atoms with van der Waals surface area (Å²) in [5, 5.41) is 12.3. The van der Waals surface area contributed by atoms with Crippen molar-refractivity contribution in [2.24, 2.45) is 5.92 Å². The van der Waals surface area contributed by atoms with Crippen LogP contribution in [-0.4, -0.2) is 43.0 Å². The van der Waals surface area contributed by atoms with Crippen LogP contribution in [-0.2, 0) is 19.6 Å². The molecule has 2 aromatic carbocycles. The molecule has 0 bridgehead atoms. The van der Waals surface area contributed by atoms with Crippen molar-refractivity contribution in [2.45, 2.75) is 49.6 Å². The van der Waals surface area contributed by atoms with E-state index in [2.05, 4.69) is 15.0 Å². The maximum absolute atomic E-state index is 13.1. The average Bonchev–Trinajstić information content (AvgIpc) is 2.87. The maximum Gasteiger partial charge on any atom is 0.341 e. The molecule has 11 heteroatoms. The molecule has 1 fully saturated rings. The highest BCUT2D eigenvalue weighted by Crippen LogP contribution is 2.27. The molecule has 0 spiro atoms. The number of carbonyl (C=O) groups excluding carboxylic acids is 1. The topological polar surface area (TPSA) is 135 Å².